The molecule has 2 aromatic heterocycles. The van der Waals surface area contributed by atoms with Gasteiger partial charge in [-0.15, -0.1) is 0 Å². The van der Waals surface area contributed by atoms with E-state index in [1.54, 1.807) is 0 Å². The second-order valence-corrected chi connectivity index (χ2v) is 5.08. The van der Waals surface area contributed by atoms with Crippen LogP contribution in [0.5, 0.6) is 0 Å². The second kappa shape index (κ2) is 6.99. The van der Waals surface area contributed by atoms with Gasteiger partial charge < -0.3 is 11.1 Å². The molecule has 2 rings (SSSR count). The molecule has 0 fully saturated rings. The molecule has 0 aliphatic heterocycles. The summed E-state index contributed by atoms with van der Waals surface area (Å²) in [6.07, 6.45) is 4.11. The number of pyridine rings is 1. The van der Waals surface area contributed by atoms with Crippen LogP contribution in [0.1, 0.15) is 36.5 Å². The number of carbonyl (C=O) groups is 1. The molecule has 1 unspecified atom stereocenters. The zero-order valence-corrected chi connectivity index (χ0v) is 12.3. The fourth-order valence-electron chi connectivity index (χ4n) is 2.14. The molecule has 8 heteroatoms. The normalized spacial score (nSPS) is 12.3. The lowest BCUT2D eigenvalue weighted by molar-refractivity contribution is 0.0935. The molecule has 1 atom stereocenters. The van der Waals surface area contributed by atoms with Crippen molar-refractivity contribution in [1.29, 1.82) is 0 Å². The average molecular weight is 305 g/mol. The van der Waals surface area contributed by atoms with Crippen molar-refractivity contribution in [3.8, 4) is 0 Å². The third-order valence-corrected chi connectivity index (χ3v) is 3.38. The van der Waals surface area contributed by atoms with Gasteiger partial charge in [-0.25, -0.2) is 9.78 Å². The van der Waals surface area contributed by atoms with Crippen LogP contribution >= 0.6 is 0 Å². The summed E-state index contributed by atoms with van der Waals surface area (Å²) in [6, 6.07) is 1.29. The zero-order valence-electron chi connectivity index (χ0n) is 12.3. The molecule has 22 heavy (non-hydrogen) atoms. The van der Waals surface area contributed by atoms with Gasteiger partial charge in [0.1, 0.15) is 5.65 Å². The van der Waals surface area contributed by atoms with Crippen LogP contribution in [0, 0.1) is 0 Å². The van der Waals surface area contributed by atoms with Gasteiger partial charge in [0.15, 0.2) is 0 Å². The Morgan fingerprint density at radius 2 is 2.18 bits per heavy atom. The number of hydrogen-bond donors (Lipinski definition) is 4. The third-order valence-electron chi connectivity index (χ3n) is 3.38. The topological polar surface area (TPSA) is 134 Å². The molecule has 1 amide bonds. The lowest BCUT2D eigenvalue weighted by atomic mass is 10.1. The highest BCUT2D eigenvalue weighted by molar-refractivity contribution is 5.96. The highest BCUT2D eigenvalue weighted by Crippen LogP contribution is 2.07. The largest absolute Gasteiger partial charge is 0.348 e. The lowest BCUT2D eigenvalue weighted by Crippen LogP contribution is -2.40. The Hall–Kier alpha value is -2.48. The van der Waals surface area contributed by atoms with Crippen molar-refractivity contribution >= 4 is 16.9 Å². The van der Waals surface area contributed by atoms with Gasteiger partial charge in [0.05, 0.1) is 10.9 Å². The predicted octanol–water partition coefficient (Wildman–Crippen LogP) is -0.141. The minimum Gasteiger partial charge on any atom is -0.348 e. The summed E-state index contributed by atoms with van der Waals surface area (Å²) in [5.41, 5.74) is 4.83. The first kappa shape index (κ1) is 15.9. The van der Waals surface area contributed by atoms with Crippen molar-refractivity contribution in [3.05, 3.63) is 38.7 Å². The summed E-state index contributed by atoms with van der Waals surface area (Å²) < 4.78 is 0. The summed E-state index contributed by atoms with van der Waals surface area (Å²) in [5.74, 6) is -0.341. The van der Waals surface area contributed by atoms with E-state index in [2.05, 4.69) is 27.2 Å². The molecule has 8 nitrogen and oxygen atoms in total. The summed E-state index contributed by atoms with van der Waals surface area (Å²) in [6.45, 7) is 2.41. The van der Waals surface area contributed by atoms with Crippen LogP contribution in [-0.4, -0.2) is 33.4 Å². The highest BCUT2D eigenvalue weighted by Gasteiger charge is 2.14. The van der Waals surface area contributed by atoms with E-state index in [0.29, 0.717) is 6.54 Å². The number of nitrogens with zero attached hydrogens (tertiary/aromatic N) is 1. The molecule has 0 saturated heterocycles. The van der Waals surface area contributed by atoms with E-state index in [4.69, 9.17) is 5.73 Å². The first-order valence-electron chi connectivity index (χ1n) is 7.18. The molecule has 0 saturated carbocycles. The van der Waals surface area contributed by atoms with Crippen molar-refractivity contribution < 1.29 is 4.79 Å². The van der Waals surface area contributed by atoms with E-state index in [1.165, 1.54) is 12.3 Å². The van der Waals surface area contributed by atoms with E-state index in [1.807, 2.05) is 0 Å². The van der Waals surface area contributed by atoms with Gasteiger partial charge in [-0.2, -0.15) is 0 Å². The molecule has 0 aliphatic rings. The van der Waals surface area contributed by atoms with Gasteiger partial charge in [0, 0.05) is 18.8 Å². The van der Waals surface area contributed by atoms with E-state index < -0.39 is 11.2 Å². The molecule has 118 valence electrons. The van der Waals surface area contributed by atoms with E-state index in [9.17, 15) is 14.4 Å². The smallest absolute Gasteiger partial charge is 0.327 e. The number of H-pyrrole nitrogens is 2. The Bertz CT molecular complexity index is 780. The standard InChI is InChI=1S/C14H19N5O3/c1-2-3-4-9(6-15)17-12(20)8-5-10-11(16-7-8)18-14(22)19-13(10)21/h5,7,9H,2-4,6,15H2,1H3,(H,17,20)(H2,16,18,19,21,22). The Balaban J connectivity index is 2.25. The number of nitrogens with one attached hydrogen (secondary N) is 3. The van der Waals surface area contributed by atoms with Gasteiger partial charge in [0.25, 0.3) is 11.5 Å². The van der Waals surface area contributed by atoms with Crippen LogP contribution in [0.2, 0.25) is 0 Å². The summed E-state index contributed by atoms with van der Waals surface area (Å²) >= 11 is 0. The first-order valence-corrected chi connectivity index (χ1v) is 7.18. The Morgan fingerprint density at radius 3 is 2.86 bits per heavy atom. The molecule has 2 heterocycles. The van der Waals surface area contributed by atoms with Gasteiger partial charge >= 0.3 is 5.69 Å². The van der Waals surface area contributed by atoms with Crippen LogP contribution in [0.15, 0.2) is 21.9 Å². The quantitative estimate of drug-likeness (QED) is 0.589. The van der Waals surface area contributed by atoms with E-state index >= 15 is 0 Å². The predicted molar refractivity (Wildman–Crippen MR) is 82.8 cm³/mol. The van der Waals surface area contributed by atoms with Crippen molar-refractivity contribution in [1.82, 2.24) is 20.3 Å². The van der Waals surface area contributed by atoms with Crippen LogP contribution < -0.4 is 22.3 Å². The molecule has 0 aliphatic carbocycles. The van der Waals surface area contributed by atoms with Crippen LogP contribution in [0.25, 0.3) is 11.0 Å². The van der Waals surface area contributed by atoms with Crippen molar-refractivity contribution in [3.63, 3.8) is 0 Å². The number of rotatable bonds is 6. The van der Waals surface area contributed by atoms with Crippen LogP contribution in [-0.2, 0) is 0 Å². The van der Waals surface area contributed by atoms with Gasteiger partial charge in [-0.05, 0) is 12.5 Å². The Labute approximate surface area is 126 Å². The number of carbonyl (C=O) groups excluding carboxylic acids is 1. The van der Waals surface area contributed by atoms with Crippen molar-refractivity contribution in [2.24, 2.45) is 5.73 Å². The first-order chi connectivity index (χ1) is 10.5. The zero-order chi connectivity index (χ0) is 16.1. The number of amides is 1. The maximum absolute atomic E-state index is 12.2. The molecule has 0 spiro atoms. The van der Waals surface area contributed by atoms with Crippen LogP contribution in [0.3, 0.4) is 0 Å². The number of hydrogen-bond acceptors (Lipinski definition) is 5. The lowest BCUT2D eigenvalue weighted by Gasteiger charge is -2.16. The molecule has 2 aromatic rings. The maximum atomic E-state index is 12.2. The number of unbranched alkanes of at least 4 members (excludes halogenated alkanes) is 1. The SMILES string of the molecule is CCCCC(CN)NC(=O)c1cnc2[nH]c(=O)[nH]c(=O)c2c1. The Kier molecular flexibility index (Phi) is 5.05. The fourth-order valence-corrected chi connectivity index (χ4v) is 2.14. The average Bonchev–Trinajstić information content (AvgIpc) is 2.50. The van der Waals surface area contributed by atoms with E-state index in [0.717, 1.165) is 19.3 Å². The number of aromatic nitrogens is 3. The summed E-state index contributed by atoms with van der Waals surface area (Å²) in [7, 11) is 0. The molecule has 0 aromatic carbocycles. The Morgan fingerprint density at radius 1 is 1.41 bits per heavy atom. The van der Waals surface area contributed by atoms with Gasteiger partial charge in [0.2, 0.25) is 0 Å². The van der Waals surface area contributed by atoms with E-state index in [-0.39, 0.29) is 28.5 Å². The maximum Gasteiger partial charge on any atom is 0.327 e. The number of fused-ring (bicyclic) bond motifs is 1. The monoisotopic (exact) mass is 305 g/mol. The second-order valence-electron chi connectivity index (χ2n) is 5.08. The highest BCUT2D eigenvalue weighted by atomic mass is 16.2. The summed E-state index contributed by atoms with van der Waals surface area (Å²) in [5, 5.41) is 2.98. The molecule has 5 N–H and O–H groups in total. The number of nitrogens with two attached hydrogens (primary N) is 1. The molecular weight excluding hydrogens is 286 g/mol. The minimum absolute atomic E-state index is 0.114. The minimum atomic E-state index is -0.634. The number of aromatic amines is 2. The van der Waals surface area contributed by atoms with Gasteiger partial charge in [-0.1, -0.05) is 19.8 Å². The van der Waals surface area contributed by atoms with Gasteiger partial charge in [-0.3, -0.25) is 19.6 Å². The molecular formula is C14H19N5O3. The summed E-state index contributed by atoms with van der Waals surface area (Å²) in [4.78, 5) is 43.6. The molecule has 0 bridgehead atoms. The van der Waals surface area contributed by atoms with Crippen molar-refractivity contribution in [2.75, 3.05) is 6.54 Å². The fraction of sp³-hybridized carbons (Fsp3) is 0.429. The third kappa shape index (κ3) is 3.59. The molecule has 0 radical (unpaired) electrons. The van der Waals surface area contributed by atoms with Crippen molar-refractivity contribution in [2.45, 2.75) is 32.2 Å². The van der Waals surface area contributed by atoms with Crippen LogP contribution in [0.4, 0.5) is 0 Å².